The highest BCUT2D eigenvalue weighted by molar-refractivity contribution is 5.87. The molecule has 254 valence electrons. The standard InChI is InChI=1S/C49H33N5/c1-6-17-35(18-7-1)43-44(36-19-8-2-9-20-36)51-46(45(50-43)37-21-10-3-11-22-37)38-31-29-34(30-32-38)41-27-16-28-42(33-41)49-53-47(39-23-12-4-13-24-39)52-48(54-49)40-25-14-5-15-26-40/h1-33H. The Morgan fingerprint density at radius 2 is 0.463 bits per heavy atom. The van der Waals surface area contributed by atoms with E-state index < -0.39 is 0 Å². The molecule has 54 heavy (non-hydrogen) atoms. The van der Waals surface area contributed by atoms with Gasteiger partial charge in [0, 0.05) is 38.9 Å². The van der Waals surface area contributed by atoms with E-state index >= 15 is 0 Å². The van der Waals surface area contributed by atoms with Gasteiger partial charge in [0.15, 0.2) is 17.5 Å². The molecule has 0 amide bonds. The highest BCUT2D eigenvalue weighted by Gasteiger charge is 2.20. The van der Waals surface area contributed by atoms with E-state index in [1.54, 1.807) is 0 Å². The van der Waals surface area contributed by atoms with Gasteiger partial charge in [0.2, 0.25) is 0 Å². The molecular weight excluding hydrogens is 659 g/mol. The van der Waals surface area contributed by atoms with Crippen LogP contribution >= 0.6 is 0 Å². The van der Waals surface area contributed by atoms with Gasteiger partial charge in [0.25, 0.3) is 0 Å². The smallest absolute Gasteiger partial charge is 0.164 e. The van der Waals surface area contributed by atoms with Gasteiger partial charge >= 0.3 is 0 Å². The maximum absolute atomic E-state index is 5.40. The van der Waals surface area contributed by atoms with Crippen molar-refractivity contribution in [2.45, 2.75) is 0 Å². The van der Waals surface area contributed by atoms with E-state index in [-0.39, 0.29) is 0 Å². The van der Waals surface area contributed by atoms with Crippen molar-refractivity contribution in [2.24, 2.45) is 0 Å². The van der Waals surface area contributed by atoms with Crippen molar-refractivity contribution in [3.8, 4) is 90.3 Å². The van der Waals surface area contributed by atoms with Crippen LogP contribution in [0.15, 0.2) is 200 Å². The molecule has 0 spiro atoms. The van der Waals surface area contributed by atoms with Crippen molar-refractivity contribution in [1.29, 1.82) is 0 Å². The fourth-order valence-corrected chi connectivity index (χ4v) is 6.62. The molecule has 0 saturated carbocycles. The van der Waals surface area contributed by atoms with Crippen molar-refractivity contribution in [1.82, 2.24) is 24.9 Å². The van der Waals surface area contributed by atoms with Crippen LogP contribution in [-0.2, 0) is 0 Å². The van der Waals surface area contributed by atoms with Crippen LogP contribution in [0.3, 0.4) is 0 Å². The SMILES string of the molecule is c1ccc(-c2nc(-c3ccccc3)nc(-c3cccc(-c4ccc(-c5nc(-c6ccccc6)c(-c6ccccc6)nc5-c5ccccc5)cc4)c3)n2)cc1. The van der Waals surface area contributed by atoms with Gasteiger partial charge in [-0.3, -0.25) is 0 Å². The molecule has 0 fully saturated rings. The summed E-state index contributed by atoms with van der Waals surface area (Å²) < 4.78 is 0. The average Bonchev–Trinajstić information content (AvgIpc) is 3.27. The lowest BCUT2D eigenvalue weighted by Crippen LogP contribution is -2.01. The minimum Gasteiger partial charge on any atom is -0.243 e. The molecule has 2 heterocycles. The number of aromatic nitrogens is 5. The van der Waals surface area contributed by atoms with Crippen LogP contribution in [0, 0.1) is 0 Å². The molecule has 5 heteroatoms. The zero-order valence-electron chi connectivity index (χ0n) is 29.3. The molecule has 0 aliphatic rings. The Balaban J connectivity index is 1.13. The molecule has 0 radical (unpaired) electrons. The molecule has 0 aliphatic carbocycles. The first-order chi connectivity index (χ1) is 26.8. The van der Waals surface area contributed by atoms with Crippen LogP contribution in [0.25, 0.3) is 90.3 Å². The molecule has 0 N–H and O–H groups in total. The zero-order valence-corrected chi connectivity index (χ0v) is 29.3. The lowest BCUT2D eigenvalue weighted by molar-refractivity contribution is 1.07. The zero-order chi connectivity index (χ0) is 36.1. The predicted octanol–water partition coefficient (Wildman–Crippen LogP) is 12.0. The molecular formula is C49H33N5. The van der Waals surface area contributed by atoms with Gasteiger partial charge in [0.1, 0.15) is 0 Å². The van der Waals surface area contributed by atoms with E-state index in [1.165, 1.54) is 0 Å². The lowest BCUT2D eigenvalue weighted by atomic mass is 9.97. The van der Waals surface area contributed by atoms with E-state index in [2.05, 4.69) is 84.9 Å². The largest absolute Gasteiger partial charge is 0.243 e. The van der Waals surface area contributed by atoms with Crippen molar-refractivity contribution in [3.05, 3.63) is 200 Å². The van der Waals surface area contributed by atoms with Crippen molar-refractivity contribution in [3.63, 3.8) is 0 Å². The van der Waals surface area contributed by atoms with Crippen LogP contribution in [0.1, 0.15) is 0 Å². The van der Waals surface area contributed by atoms with Gasteiger partial charge in [-0.25, -0.2) is 24.9 Å². The Morgan fingerprint density at radius 3 is 0.852 bits per heavy atom. The second-order valence-corrected chi connectivity index (χ2v) is 12.9. The van der Waals surface area contributed by atoms with Gasteiger partial charge in [-0.2, -0.15) is 0 Å². The fourth-order valence-electron chi connectivity index (χ4n) is 6.62. The average molecular weight is 692 g/mol. The molecule has 9 aromatic rings. The molecule has 7 aromatic carbocycles. The summed E-state index contributed by atoms with van der Waals surface area (Å²) >= 11 is 0. The summed E-state index contributed by atoms with van der Waals surface area (Å²) in [6.07, 6.45) is 0. The molecule has 9 rings (SSSR count). The number of hydrogen-bond acceptors (Lipinski definition) is 5. The van der Waals surface area contributed by atoms with Gasteiger partial charge in [0.05, 0.1) is 22.8 Å². The Morgan fingerprint density at radius 1 is 0.185 bits per heavy atom. The normalized spacial score (nSPS) is 11.0. The highest BCUT2D eigenvalue weighted by atomic mass is 15.0. The predicted molar refractivity (Wildman–Crippen MR) is 219 cm³/mol. The first-order valence-electron chi connectivity index (χ1n) is 17.9. The Hall–Kier alpha value is -7.37. The van der Waals surface area contributed by atoms with Crippen LogP contribution < -0.4 is 0 Å². The van der Waals surface area contributed by atoms with E-state index in [0.717, 1.165) is 72.8 Å². The second kappa shape index (κ2) is 14.7. The number of hydrogen-bond donors (Lipinski definition) is 0. The first-order valence-corrected chi connectivity index (χ1v) is 17.9. The minimum atomic E-state index is 0.621. The summed E-state index contributed by atoms with van der Waals surface area (Å²) in [5.74, 6) is 1.89. The van der Waals surface area contributed by atoms with Crippen LogP contribution in [-0.4, -0.2) is 24.9 Å². The molecule has 0 bridgehead atoms. The van der Waals surface area contributed by atoms with Crippen LogP contribution in [0.2, 0.25) is 0 Å². The molecule has 0 atom stereocenters. The quantitative estimate of drug-likeness (QED) is 0.159. The summed E-state index contributed by atoms with van der Waals surface area (Å²) in [7, 11) is 0. The third-order valence-corrected chi connectivity index (χ3v) is 9.35. The Kier molecular flexibility index (Phi) is 8.86. The molecule has 0 saturated heterocycles. The van der Waals surface area contributed by atoms with Gasteiger partial charge < -0.3 is 0 Å². The third kappa shape index (κ3) is 6.70. The van der Waals surface area contributed by atoms with E-state index in [9.17, 15) is 0 Å². The van der Waals surface area contributed by atoms with Gasteiger partial charge in [-0.15, -0.1) is 0 Å². The van der Waals surface area contributed by atoms with Gasteiger partial charge in [-0.05, 0) is 17.2 Å². The molecule has 0 aliphatic heterocycles. The van der Waals surface area contributed by atoms with E-state index in [1.807, 2.05) is 115 Å². The third-order valence-electron chi connectivity index (χ3n) is 9.35. The maximum Gasteiger partial charge on any atom is 0.164 e. The van der Waals surface area contributed by atoms with Crippen LogP contribution in [0.5, 0.6) is 0 Å². The summed E-state index contributed by atoms with van der Waals surface area (Å²) in [4.78, 5) is 25.5. The molecule has 5 nitrogen and oxygen atoms in total. The Labute approximate surface area is 314 Å². The fraction of sp³-hybridized carbons (Fsp3) is 0. The second-order valence-electron chi connectivity index (χ2n) is 12.9. The van der Waals surface area contributed by atoms with Crippen molar-refractivity contribution >= 4 is 0 Å². The highest BCUT2D eigenvalue weighted by Crippen LogP contribution is 2.38. The maximum atomic E-state index is 5.40. The number of nitrogens with zero attached hydrogens (tertiary/aromatic N) is 5. The molecule has 2 aromatic heterocycles. The van der Waals surface area contributed by atoms with Crippen LogP contribution in [0.4, 0.5) is 0 Å². The summed E-state index contributed by atoms with van der Waals surface area (Å²) in [5.41, 5.74) is 12.3. The monoisotopic (exact) mass is 691 g/mol. The summed E-state index contributed by atoms with van der Waals surface area (Å²) in [6.45, 7) is 0. The summed E-state index contributed by atoms with van der Waals surface area (Å²) in [5, 5.41) is 0. The number of benzene rings is 7. The van der Waals surface area contributed by atoms with Crippen molar-refractivity contribution < 1.29 is 0 Å². The summed E-state index contributed by atoms with van der Waals surface area (Å²) in [6, 6.07) is 67.9. The Bertz CT molecular complexity index is 2610. The van der Waals surface area contributed by atoms with Crippen molar-refractivity contribution in [2.75, 3.05) is 0 Å². The molecule has 0 unspecified atom stereocenters. The van der Waals surface area contributed by atoms with Gasteiger partial charge in [-0.1, -0.05) is 194 Å². The van der Waals surface area contributed by atoms with E-state index in [4.69, 9.17) is 24.9 Å². The first kappa shape index (κ1) is 32.5. The number of rotatable bonds is 8. The minimum absolute atomic E-state index is 0.621. The van der Waals surface area contributed by atoms with E-state index in [0.29, 0.717) is 17.5 Å². The lowest BCUT2D eigenvalue weighted by Gasteiger charge is -2.16. The topological polar surface area (TPSA) is 64.5 Å².